The van der Waals surface area contributed by atoms with Gasteiger partial charge in [0.15, 0.2) is 5.69 Å². The van der Waals surface area contributed by atoms with Crippen LogP contribution in [0.5, 0.6) is 0 Å². The van der Waals surface area contributed by atoms with Gasteiger partial charge >= 0.3 is 5.97 Å². The molecule has 0 unspecified atom stereocenters. The molecule has 0 radical (unpaired) electrons. The molecule has 6 nitrogen and oxygen atoms in total. The number of nitrogens with zero attached hydrogens (tertiary/aromatic N) is 2. The molecule has 7 heteroatoms. The van der Waals surface area contributed by atoms with Crippen LogP contribution in [0.1, 0.15) is 57.4 Å². The smallest absolute Gasteiger partial charge is 0.357 e. The summed E-state index contributed by atoms with van der Waals surface area (Å²) in [6.07, 6.45) is 3.29. The van der Waals surface area contributed by atoms with Gasteiger partial charge in [0.25, 0.3) is 5.91 Å². The van der Waals surface area contributed by atoms with E-state index >= 15 is 0 Å². The van der Waals surface area contributed by atoms with E-state index < -0.39 is 5.97 Å². The van der Waals surface area contributed by atoms with Crippen LogP contribution in [0.15, 0.2) is 22.1 Å². The lowest BCUT2D eigenvalue weighted by molar-refractivity contribution is 0.0520. The van der Waals surface area contributed by atoms with Crippen LogP contribution in [-0.4, -0.2) is 34.9 Å². The molecule has 1 aliphatic rings. The van der Waals surface area contributed by atoms with Gasteiger partial charge in [-0.2, -0.15) is 0 Å². The summed E-state index contributed by atoms with van der Waals surface area (Å²) in [7, 11) is 0. The second-order valence-corrected chi connectivity index (χ2v) is 6.23. The van der Waals surface area contributed by atoms with Crippen LogP contribution >= 0.6 is 11.3 Å². The average molecular weight is 334 g/mol. The molecule has 1 saturated heterocycles. The first-order valence-electron chi connectivity index (χ1n) is 7.59. The minimum atomic E-state index is -0.420. The number of aromatic nitrogens is 1. The largest absolute Gasteiger partial charge is 0.469 e. The van der Waals surface area contributed by atoms with Crippen molar-refractivity contribution in [1.29, 1.82) is 0 Å². The Labute approximate surface area is 138 Å². The Balaban J connectivity index is 1.81. The number of rotatable bonds is 4. The third kappa shape index (κ3) is 3.01. The number of carbonyl (C=O) groups excluding carboxylic acids is 2. The summed E-state index contributed by atoms with van der Waals surface area (Å²) in [5.74, 6) is 0.148. The first kappa shape index (κ1) is 15.7. The molecule has 0 N–H and O–H groups in total. The van der Waals surface area contributed by atoms with Crippen molar-refractivity contribution in [3.63, 3.8) is 0 Å². The van der Waals surface area contributed by atoms with Crippen LogP contribution in [0.3, 0.4) is 0 Å². The lowest BCUT2D eigenvalue weighted by atomic mass is 10.2. The molecule has 1 amide bonds. The summed E-state index contributed by atoms with van der Waals surface area (Å²) in [5.41, 5.74) is 0.893. The average Bonchev–Trinajstić information content (AvgIpc) is 3.26. The highest BCUT2D eigenvalue weighted by molar-refractivity contribution is 7.09. The fourth-order valence-corrected chi connectivity index (χ4v) is 3.70. The van der Waals surface area contributed by atoms with Gasteiger partial charge in [-0.1, -0.05) is 0 Å². The van der Waals surface area contributed by atoms with Crippen molar-refractivity contribution >= 4 is 23.2 Å². The van der Waals surface area contributed by atoms with Gasteiger partial charge in [0.2, 0.25) is 0 Å². The molecule has 0 bridgehead atoms. The summed E-state index contributed by atoms with van der Waals surface area (Å²) >= 11 is 1.39. The monoisotopic (exact) mass is 334 g/mol. The van der Waals surface area contributed by atoms with Gasteiger partial charge in [-0.15, -0.1) is 11.3 Å². The molecule has 0 saturated carbocycles. The minimum Gasteiger partial charge on any atom is -0.469 e. The molecule has 23 heavy (non-hydrogen) atoms. The van der Waals surface area contributed by atoms with E-state index in [4.69, 9.17) is 9.15 Å². The number of ether oxygens (including phenoxy) is 1. The lowest BCUT2D eigenvalue weighted by Gasteiger charge is -2.22. The lowest BCUT2D eigenvalue weighted by Crippen LogP contribution is -2.30. The van der Waals surface area contributed by atoms with Crippen molar-refractivity contribution in [2.75, 3.05) is 13.2 Å². The fraction of sp³-hybridized carbons (Fsp3) is 0.438. The molecule has 1 fully saturated rings. The molecule has 122 valence electrons. The number of amides is 1. The number of carbonyl (C=O) groups is 2. The van der Waals surface area contributed by atoms with Crippen LogP contribution in [0.2, 0.25) is 0 Å². The van der Waals surface area contributed by atoms with Crippen molar-refractivity contribution in [1.82, 2.24) is 9.88 Å². The van der Waals surface area contributed by atoms with E-state index in [0.29, 0.717) is 30.2 Å². The number of likely N-dealkylation sites (tertiary alicyclic amines) is 1. The number of esters is 1. The molecule has 1 atom stereocenters. The van der Waals surface area contributed by atoms with E-state index in [9.17, 15) is 9.59 Å². The summed E-state index contributed by atoms with van der Waals surface area (Å²) < 4.78 is 10.2. The minimum absolute atomic E-state index is 0.0494. The Morgan fingerprint density at radius 1 is 1.52 bits per heavy atom. The normalized spacial score (nSPS) is 17.5. The molecule has 2 aromatic rings. The SMILES string of the molecule is CCOC(=O)c1csc([C@H]2CCCN2C(=O)c2ccoc2C)n1. The molecule has 1 aliphatic heterocycles. The number of aryl methyl sites for hydroxylation is 1. The van der Waals surface area contributed by atoms with Crippen LogP contribution in [0.4, 0.5) is 0 Å². The second-order valence-electron chi connectivity index (χ2n) is 5.34. The molecule has 0 aliphatic carbocycles. The molecule has 3 heterocycles. The van der Waals surface area contributed by atoms with E-state index in [2.05, 4.69) is 4.98 Å². The van der Waals surface area contributed by atoms with Crippen LogP contribution in [0, 0.1) is 6.92 Å². The second kappa shape index (κ2) is 6.54. The van der Waals surface area contributed by atoms with E-state index in [1.54, 1.807) is 25.3 Å². The Hall–Kier alpha value is -2.15. The molecular formula is C16H18N2O4S. The van der Waals surface area contributed by atoms with Gasteiger partial charge in [-0.3, -0.25) is 4.79 Å². The van der Waals surface area contributed by atoms with E-state index in [1.165, 1.54) is 17.6 Å². The Morgan fingerprint density at radius 2 is 2.35 bits per heavy atom. The number of hydrogen-bond acceptors (Lipinski definition) is 6. The standard InChI is InChI=1S/C16H18N2O4S/c1-3-21-16(20)12-9-23-14(17-12)13-5-4-7-18(13)15(19)11-6-8-22-10(11)2/h6,8-9,13H,3-5,7H2,1-2H3/t13-/m1/s1. The zero-order valence-electron chi connectivity index (χ0n) is 13.1. The van der Waals surface area contributed by atoms with E-state index in [0.717, 1.165) is 17.8 Å². The van der Waals surface area contributed by atoms with Crippen molar-refractivity contribution in [2.24, 2.45) is 0 Å². The van der Waals surface area contributed by atoms with Crippen LogP contribution < -0.4 is 0 Å². The van der Waals surface area contributed by atoms with Crippen molar-refractivity contribution in [3.05, 3.63) is 39.7 Å². The van der Waals surface area contributed by atoms with E-state index in [1.807, 2.05) is 4.90 Å². The van der Waals surface area contributed by atoms with Gasteiger partial charge in [-0.25, -0.2) is 9.78 Å². The first-order chi connectivity index (χ1) is 11.1. The topological polar surface area (TPSA) is 72.6 Å². The quantitative estimate of drug-likeness (QED) is 0.803. The highest BCUT2D eigenvalue weighted by Gasteiger charge is 2.34. The molecular weight excluding hydrogens is 316 g/mol. The van der Waals surface area contributed by atoms with Gasteiger partial charge in [-0.05, 0) is 32.8 Å². The summed E-state index contributed by atoms with van der Waals surface area (Å²) in [4.78, 5) is 30.6. The van der Waals surface area contributed by atoms with Gasteiger partial charge in [0.05, 0.1) is 24.5 Å². The third-order valence-corrected chi connectivity index (χ3v) is 4.84. The predicted octanol–water partition coefficient (Wildman–Crippen LogP) is 3.20. The van der Waals surface area contributed by atoms with Crippen molar-refractivity contribution in [2.45, 2.75) is 32.7 Å². The third-order valence-electron chi connectivity index (χ3n) is 3.89. The van der Waals surface area contributed by atoms with Crippen LogP contribution in [-0.2, 0) is 4.74 Å². The van der Waals surface area contributed by atoms with Gasteiger partial charge in [0, 0.05) is 11.9 Å². The predicted molar refractivity (Wildman–Crippen MR) is 84.5 cm³/mol. The van der Waals surface area contributed by atoms with Crippen LogP contribution in [0.25, 0.3) is 0 Å². The fourth-order valence-electron chi connectivity index (χ4n) is 2.77. The molecule has 0 spiro atoms. The Bertz CT molecular complexity index is 721. The molecule has 2 aromatic heterocycles. The van der Waals surface area contributed by atoms with Crippen molar-refractivity contribution in [3.8, 4) is 0 Å². The van der Waals surface area contributed by atoms with Gasteiger partial charge < -0.3 is 14.1 Å². The number of furan rings is 1. The first-order valence-corrected chi connectivity index (χ1v) is 8.47. The maximum absolute atomic E-state index is 12.7. The molecule has 0 aromatic carbocycles. The Kier molecular flexibility index (Phi) is 4.47. The summed E-state index contributed by atoms with van der Waals surface area (Å²) in [5, 5.41) is 2.47. The highest BCUT2D eigenvalue weighted by Crippen LogP contribution is 2.35. The summed E-state index contributed by atoms with van der Waals surface area (Å²) in [6.45, 7) is 4.54. The maximum atomic E-state index is 12.7. The number of hydrogen-bond donors (Lipinski definition) is 0. The zero-order valence-corrected chi connectivity index (χ0v) is 13.9. The van der Waals surface area contributed by atoms with E-state index in [-0.39, 0.29) is 11.9 Å². The Morgan fingerprint density at radius 3 is 3.04 bits per heavy atom. The zero-order chi connectivity index (χ0) is 16.4. The molecule has 3 rings (SSSR count). The van der Waals surface area contributed by atoms with Crippen molar-refractivity contribution < 1.29 is 18.7 Å². The summed E-state index contributed by atoms with van der Waals surface area (Å²) in [6, 6.07) is 1.60. The van der Waals surface area contributed by atoms with Gasteiger partial charge in [0.1, 0.15) is 10.8 Å². The maximum Gasteiger partial charge on any atom is 0.357 e. The number of thiazole rings is 1. The highest BCUT2D eigenvalue weighted by atomic mass is 32.1.